The van der Waals surface area contributed by atoms with Gasteiger partial charge in [0.1, 0.15) is 22.5 Å². The van der Waals surface area contributed by atoms with E-state index in [2.05, 4.69) is 20.3 Å². The maximum Gasteiger partial charge on any atom is 0.264 e. The minimum absolute atomic E-state index is 0.256. The SMILES string of the molecule is CC[C@@](C)(O)Nc1nc(-c2ccc(C(C)(C)O)nc2)cc2ncn(C)c(=O)c12. The Morgan fingerprint density at radius 3 is 2.46 bits per heavy atom. The van der Waals surface area contributed by atoms with Crippen molar-refractivity contribution in [3.8, 4) is 11.3 Å². The highest BCUT2D eigenvalue weighted by atomic mass is 16.3. The van der Waals surface area contributed by atoms with Crippen molar-refractivity contribution in [3.63, 3.8) is 0 Å². The van der Waals surface area contributed by atoms with Gasteiger partial charge in [-0.1, -0.05) is 6.92 Å². The second-order valence-corrected chi connectivity index (χ2v) is 7.65. The van der Waals surface area contributed by atoms with Crippen LogP contribution in [0.25, 0.3) is 22.2 Å². The van der Waals surface area contributed by atoms with E-state index in [4.69, 9.17) is 0 Å². The molecule has 0 bridgehead atoms. The first-order chi connectivity index (χ1) is 13.0. The molecule has 3 N–H and O–H groups in total. The van der Waals surface area contributed by atoms with E-state index in [0.29, 0.717) is 34.3 Å². The predicted molar refractivity (Wildman–Crippen MR) is 108 cm³/mol. The molecular formula is C20H25N5O3. The lowest BCUT2D eigenvalue weighted by atomic mass is 10.0. The molecule has 0 aromatic carbocycles. The van der Waals surface area contributed by atoms with Crippen LogP contribution in [0.3, 0.4) is 0 Å². The van der Waals surface area contributed by atoms with Gasteiger partial charge in [-0.15, -0.1) is 0 Å². The maximum absolute atomic E-state index is 12.6. The molecule has 148 valence electrons. The Labute approximate surface area is 162 Å². The molecule has 0 saturated carbocycles. The van der Waals surface area contributed by atoms with Gasteiger partial charge in [0.25, 0.3) is 5.56 Å². The molecule has 0 aliphatic carbocycles. The molecule has 0 aliphatic rings. The second kappa shape index (κ2) is 6.96. The van der Waals surface area contributed by atoms with Crippen molar-refractivity contribution in [3.05, 3.63) is 46.8 Å². The van der Waals surface area contributed by atoms with Crippen molar-refractivity contribution in [2.75, 3.05) is 5.32 Å². The Kier molecular flexibility index (Phi) is 4.95. The summed E-state index contributed by atoms with van der Waals surface area (Å²) in [6.07, 6.45) is 3.49. The zero-order valence-corrected chi connectivity index (χ0v) is 16.7. The van der Waals surface area contributed by atoms with E-state index in [1.807, 2.05) is 6.92 Å². The third kappa shape index (κ3) is 3.88. The zero-order chi connectivity index (χ0) is 20.7. The summed E-state index contributed by atoms with van der Waals surface area (Å²) in [5, 5.41) is 23.8. The van der Waals surface area contributed by atoms with Crippen LogP contribution in [0.15, 0.2) is 35.5 Å². The van der Waals surface area contributed by atoms with Crippen molar-refractivity contribution in [2.24, 2.45) is 7.05 Å². The minimum atomic E-state index is -1.23. The highest BCUT2D eigenvalue weighted by Gasteiger charge is 2.22. The number of aromatic nitrogens is 4. The van der Waals surface area contributed by atoms with Crippen LogP contribution in [0.4, 0.5) is 5.82 Å². The molecule has 0 radical (unpaired) electrons. The highest BCUT2D eigenvalue weighted by molar-refractivity contribution is 5.91. The van der Waals surface area contributed by atoms with Gasteiger partial charge in [-0.25, -0.2) is 9.97 Å². The molecule has 0 saturated heterocycles. The summed E-state index contributed by atoms with van der Waals surface area (Å²) in [4.78, 5) is 25.9. The summed E-state index contributed by atoms with van der Waals surface area (Å²) in [5.41, 5.74) is -0.272. The lowest BCUT2D eigenvalue weighted by molar-refractivity contribution is 0.0738. The Hall–Kier alpha value is -2.84. The maximum atomic E-state index is 12.6. The van der Waals surface area contributed by atoms with E-state index in [0.717, 1.165) is 0 Å². The van der Waals surface area contributed by atoms with Crippen LogP contribution in [0.5, 0.6) is 0 Å². The summed E-state index contributed by atoms with van der Waals surface area (Å²) in [6.45, 7) is 6.78. The average Bonchev–Trinajstić information content (AvgIpc) is 2.63. The third-order valence-electron chi connectivity index (χ3n) is 4.67. The van der Waals surface area contributed by atoms with E-state index in [1.165, 1.54) is 10.9 Å². The fraction of sp³-hybridized carbons (Fsp3) is 0.400. The number of aliphatic hydroxyl groups is 2. The number of anilines is 1. The van der Waals surface area contributed by atoms with Gasteiger partial charge in [0.2, 0.25) is 0 Å². The number of nitrogens with zero attached hydrogens (tertiary/aromatic N) is 4. The number of hydrogen-bond donors (Lipinski definition) is 3. The number of fused-ring (bicyclic) bond motifs is 1. The summed E-state index contributed by atoms with van der Waals surface area (Å²) in [6, 6.07) is 5.24. The first-order valence-corrected chi connectivity index (χ1v) is 9.08. The molecule has 3 heterocycles. The predicted octanol–water partition coefficient (Wildman–Crippen LogP) is 2.15. The Bertz CT molecular complexity index is 1070. The molecule has 3 aromatic heterocycles. The Morgan fingerprint density at radius 1 is 1.18 bits per heavy atom. The van der Waals surface area contributed by atoms with Crippen molar-refractivity contribution in [1.29, 1.82) is 0 Å². The summed E-state index contributed by atoms with van der Waals surface area (Å²) in [7, 11) is 1.61. The van der Waals surface area contributed by atoms with Crippen LogP contribution in [-0.4, -0.2) is 35.5 Å². The van der Waals surface area contributed by atoms with E-state index in [9.17, 15) is 15.0 Å². The van der Waals surface area contributed by atoms with Gasteiger partial charge in [-0.2, -0.15) is 0 Å². The lowest BCUT2D eigenvalue weighted by Crippen LogP contribution is -2.34. The quantitative estimate of drug-likeness (QED) is 0.579. The van der Waals surface area contributed by atoms with Crippen LogP contribution in [0.2, 0.25) is 0 Å². The smallest absolute Gasteiger partial charge is 0.264 e. The zero-order valence-electron chi connectivity index (χ0n) is 16.7. The van der Waals surface area contributed by atoms with Gasteiger partial charge in [0.05, 0.1) is 23.2 Å². The van der Waals surface area contributed by atoms with Crippen LogP contribution >= 0.6 is 0 Å². The molecule has 0 aliphatic heterocycles. The average molecular weight is 383 g/mol. The monoisotopic (exact) mass is 383 g/mol. The third-order valence-corrected chi connectivity index (χ3v) is 4.67. The molecule has 8 nitrogen and oxygen atoms in total. The molecule has 0 fully saturated rings. The fourth-order valence-corrected chi connectivity index (χ4v) is 2.71. The number of nitrogens with one attached hydrogen (secondary N) is 1. The van der Waals surface area contributed by atoms with Crippen molar-refractivity contribution in [2.45, 2.75) is 45.4 Å². The van der Waals surface area contributed by atoms with Gasteiger partial charge in [0, 0.05) is 18.8 Å². The van der Waals surface area contributed by atoms with Gasteiger partial charge in [-0.3, -0.25) is 9.78 Å². The molecule has 3 rings (SSSR count). The van der Waals surface area contributed by atoms with Crippen LogP contribution in [-0.2, 0) is 12.6 Å². The molecule has 8 heteroatoms. The standard InChI is InChI=1S/C20H25N5O3/c1-6-20(4,28)24-17-16-14(22-11-25(5)18(16)26)9-13(23-17)12-7-8-15(21-10-12)19(2,3)27/h7-11,27-28H,6H2,1-5H3,(H,23,24)/t20-/m1/s1. The minimum Gasteiger partial charge on any atom is -0.384 e. The number of rotatable bonds is 5. The van der Waals surface area contributed by atoms with E-state index >= 15 is 0 Å². The molecule has 28 heavy (non-hydrogen) atoms. The van der Waals surface area contributed by atoms with Gasteiger partial charge in [-0.05, 0) is 45.4 Å². The van der Waals surface area contributed by atoms with E-state index < -0.39 is 11.3 Å². The summed E-state index contributed by atoms with van der Waals surface area (Å²) < 4.78 is 1.37. The normalized spacial score (nSPS) is 14.1. The van der Waals surface area contributed by atoms with E-state index in [1.54, 1.807) is 52.2 Å². The molecular weight excluding hydrogens is 358 g/mol. The topological polar surface area (TPSA) is 113 Å². The summed E-state index contributed by atoms with van der Waals surface area (Å²) >= 11 is 0. The van der Waals surface area contributed by atoms with Crippen LogP contribution in [0, 0.1) is 0 Å². The fourth-order valence-electron chi connectivity index (χ4n) is 2.71. The highest BCUT2D eigenvalue weighted by Crippen LogP contribution is 2.27. The van der Waals surface area contributed by atoms with Gasteiger partial charge >= 0.3 is 0 Å². The number of aryl methyl sites for hydroxylation is 1. The van der Waals surface area contributed by atoms with Crippen LogP contribution < -0.4 is 10.9 Å². The first-order valence-electron chi connectivity index (χ1n) is 9.08. The lowest BCUT2D eigenvalue weighted by Gasteiger charge is -2.24. The molecule has 3 aromatic rings. The molecule has 0 spiro atoms. The van der Waals surface area contributed by atoms with Crippen LogP contribution in [0.1, 0.15) is 39.8 Å². The molecule has 0 unspecified atom stereocenters. The summed E-state index contributed by atoms with van der Waals surface area (Å²) in [5.74, 6) is 0.264. The Balaban J connectivity index is 2.19. The van der Waals surface area contributed by atoms with Crippen molar-refractivity contribution >= 4 is 16.7 Å². The van der Waals surface area contributed by atoms with Crippen molar-refractivity contribution < 1.29 is 10.2 Å². The van der Waals surface area contributed by atoms with Gasteiger partial charge in [0.15, 0.2) is 0 Å². The van der Waals surface area contributed by atoms with Gasteiger partial charge < -0.3 is 20.1 Å². The largest absolute Gasteiger partial charge is 0.384 e. The molecule has 0 amide bonds. The first kappa shape index (κ1) is 19.9. The van der Waals surface area contributed by atoms with E-state index in [-0.39, 0.29) is 11.4 Å². The van der Waals surface area contributed by atoms with Crippen molar-refractivity contribution in [1.82, 2.24) is 19.5 Å². The number of pyridine rings is 2. The molecule has 1 atom stereocenters. The number of hydrogen-bond acceptors (Lipinski definition) is 7. The Morgan fingerprint density at radius 2 is 1.89 bits per heavy atom. The second-order valence-electron chi connectivity index (χ2n) is 7.65.